The van der Waals surface area contributed by atoms with Crippen LogP contribution in [0.3, 0.4) is 0 Å². The van der Waals surface area contributed by atoms with Gasteiger partial charge in [0.25, 0.3) is 0 Å². The number of aliphatic hydroxyl groups is 1. The number of nitrogens with zero attached hydrogens (tertiary/aromatic N) is 1. The Hall–Kier alpha value is -1.45. The highest BCUT2D eigenvalue weighted by Gasteiger charge is 2.62. The second-order valence-corrected chi connectivity index (χ2v) is 12.9. The molecule has 0 saturated carbocycles. The van der Waals surface area contributed by atoms with Crippen LogP contribution in [0.15, 0.2) is 36.7 Å². The fourth-order valence-corrected chi connectivity index (χ4v) is 7.54. The molecule has 0 spiro atoms. The summed E-state index contributed by atoms with van der Waals surface area (Å²) >= 11 is 12.5. The van der Waals surface area contributed by atoms with Crippen molar-refractivity contribution in [3.8, 4) is 5.75 Å². The molecule has 3 rings (SSSR count). The topological polar surface area (TPSA) is 145 Å². The molecule has 0 radical (unpaired) electrons. The van der Waals surface area contributed by atoms with Crippen molar-refractivity contribution >= 4 is 50.6 Å². The van der Waals surface area contributed by atoms with Gasteiger partial charge in [0.1, 0.15) is 5.75 Å². The van der Waals surface area contributed by atoms with Crippen LogP contribution < -0.4 is 4.74 Å². The average molecular weight is 540 g/mol. The second-order valence-electron chi connectivity index (χ2n) is 7.40. The normalized spacial score (nSPS) is 29.6. The Morgan fingerprint density at radius 2 is 1.94 bits per heavy atom. The summed E-state index contributed by atoms with van der Waals surface area (Å²) in [6.07, 6.45) is 2.63. The average Bonchev–Trinajstić information content (AvgIpc) is 2.65. The predicted molar refractivity (Wildman–Crippen MR) is 123 cm³/mol. The van der Waals surface area contributed by atoms with Crippen molar-refractivity contribution in [3.63, 3.8) is 0 Å². The minimum atomic E-state index is -4.99. The Morgan fingerprint density at radius 3 is 2.45 bits per heavy atom. The van der Waals surface area contributed by atoms with Crippen LogP contribution in [-0.2, 0) is 24.8 Å². The number of carbonyl (C=O) groups excluding carboxylic acids is 1. The summed E-state index contributed by atoms with van der Waals surface area (Å²) < 4.78 is 33.5. The molecule has 1 aromatic carbocycles. The van der Waals surface area contributed by atoms with Crippen LogP contribution in [-0.4, -0.2) is 43.5 Å². The number of aromatic nitrogens is 1. The van der Waals surface area contributed by atoms with Crippen molar-refractivity contribution in [1.29, 1.82) is 0 Å². The lowest BCUT2D eigenvalue weighted by Crippen LogP contribution is -2.38. The first kappa shape index (κ1) is 26.2. The number of ether oxygens (including phenoxy) is 2. The van der Waals surface area contributed by atoms with Crippen molar-refractivity contribution in [1.82, 2.24) is 4.98 Å². The third-order valence-electron chi connectivity index (χ3n) is 4.51. The molecule has 2 heterocycles. The summed E-state index contributed by atoms with van der Waals surface area (Å²) in [6.45, 7) is 3.27. The molecule has 4 atom stereocenters. The van der Waals surface area contributed by atoms with Crippen LogP contribution in [0, 0.1) is 0 Å². The van der Waals surface area contributed by atoms with Crippen molar-refractivity contribution in [3.05, 3.63) is 57.8 Å². The SMILES string of the molecule is C=P1(O)OC(c2c(Cl)cc(OC(=O)OC(C)C)cc2Cl)OP(=O)(O)C1(O)Cc1cccnc1. The first-order chi connectivity index (χ1) is 15.3. The smallest absolute Gasteiger partial charge is 0.431 e. The minimum absolute atomic E-state index is 0.0739. The van der Waals surface area contributed by atoms with E-state index in [4.69, 9.17) is 41.7 Å². The van der Waals surface area contributed by atoms with E-state index in [0.717, 1.165) is 0 Å². The summed E-state index contributed by atoms with van der Waals surface area (Å²) in [4.78, 5) is 37.1. The molecule has 0 amide bonds. The number of hydrogen-bond acceptors (Lipinski definition) is 9. The lowest BCUT2D eigenvalue weighted by atomic mass is 10.2. The Morgan fingerprint density at radius 1 is 1.30 bits per heavy atom. The molecule has 1 fully saturated rings. The van der Waals surface area contributed by atoms with Gasteiger partial charge in [0.2, 0.25) is 11.4 Å². The molecule has 33 heavy (non-hydrogen) atoms. The van der Waals surface area contributed by atoms with Crippen molar-refractivity contribution in [2.24, 2.45) is 0 Å². The number of halogens is 2. The van der Waals surface area contributed by atoms with Crippen LogP contribution in [0.4, 0.5) is 4.79 Å². The predicted octanol–water partition coefficient (Wildman–Crippen LogP) is 4.70. The van der Waals surface area contributed by atoms with Crippen molar-refractivity contribution in [2.45, 2.75) is 37.7 Å². The summed E-state index contributed by atoms with van der Waals surface area (Å²) in [6, 6.07) is 5.44. The van der Waals surface area contributed by atoms with E-state index in [-0.39, 0.29) is 21.4 Å². The lowest BCUT2D eigenvalue weighted by Gasteiger charge is -2.45. The number of pyridine rings is 1. The van der Waals surface area contributed by atoms with Gasteiger partial charge in [-0.25, -0.2) is 4.79 Å². The molecule has 1 saturated heterocycles. The third kappa shape index (κ3) is 5.46. The molecule has 1 aliphatic heterocycles. The zero-order chi connectivity index (χ0) is 24.6. The van der Waals surface area contributed by atoms with E-state index in [1.165, 1.54) is 30.6 Å². The molecule has 3 N–H and O–H groups in total. The van der Waals surface area contributed by atoms with E-state index in [9.17, 15) is 24.3 Å². The Kier molecular flexibility index (Phi) is 7.66. The van der Waals surface area contributed by atoms with Gasteiger partial charge in [0.05, 0.1) is 16.1 Å². The van der Waals surface area contributed by atoms with Gasteiger partial charge in [-0.15, -0.1) is 0 Å². The van der Waals surface area contributed by atoms with Gasteiger partial charge >= 0.3 is 13.8 Å². The van der Waals surface area contributed by atoms with Crippen LogP contribution in [0.25, 0.3) is 0 Å². The maximum absolute atomic E-state index is 13.1. The van der Waals surface area contributed by atoms with Gasteiger partial charge in [0, 0.05) is 36.5 Å². The number of hydrogen-bond donors (Lipinski definition) is 3. The number of carbonyl (C=O) groups is 1. The first-order valence-corrected chi connectivity index (χ1v) is 13.6. The van der Waals surface area contributed by atoms with E-state index < -0.39 is 45.0 Å². The quantitative estimate of drug-likeness (QED) is 0.277. The molecule has 0 bridgehead atoms. The van der Waals surface area contributed by atoms with Crippen LogP contribution >= 0.6 is 38.1 Å². The molecule has 0 aliphatic carbocycles. The fraction of sp³-hybridized carbons (Fsp3) is 0.316. The summed E-state index contributed by atoms with van der Waals surface area (Å²) in [7, 11) is -9.23. The summed E-state index contributed by atoms with van der Waals surface area (Å²) in [5.74, 6) is -0.0739. The Balaban J connectivity index is 1.91. The van der Waals surface area contributed by atoms with E-state index in [1.807, 2.05) is 0 Å². The summed E-state index contributed by atoms with van der Waals surface area (Å²) in [5.41, 5.74) is 0.204. The van der Waals surface area contributed by atoms with Crippen LogP contribution in [0.2, 0.25) is 10.0 Å². The molecule has 2 aromatic rings. The third-order valence-corrected chi connectivity index (χ3v) is 10.2. The van der Waals surface area contributed by atoms with E-state index in [2.05, 4.69) is 11.3 Å². The Bertz CT molecular complexity index is 1100. The van der Waals surface area contributed by atoms with E-state index in [0.29, 0.717) is 5.56 Å². The zero-order valence-corrected chi connectivity index (χ0v) is 20.7. The molecule has 4 unspecified atom stereocenters. The molecule has 10 nitrogen and oxygen atoms in total. The highest BCUT2D eigenvalue weighted by Crippen LogP contribution is 2.79. The monoisotopic (exact) mass is 539 g/mol. The van der Waals surface area contributed by atoms with Crippen LogP contribution in [0.1, 0.15) is 31.3 Å². The molecular formula is C19H21Cl2NO9P2. The largest absolute Gasteiger partial charge is 0.514 e. The van der Waals surface area contributed by atoms with Gasteiger partial charge in [-0.3, -0.25) is 18.6 Å². The molecule has 1 aliphatic rings. The molecule has 1 aromatic heterocycles. The maximum atomic E-state index is 13.1. The molecule has 14 heteroatoms. The van der Waals surface area contributed by atoms with Gasteiger partial charge in [-0.1, -0.05) is 29.3 Å². The number of benzene rings is 1. The maximum Gasteiger partial charge on any atom is 0.514 e. The van der Waals surface area contributed by atoms with Crippen LogP contribution in [0.5, 0.6) is 5.75 Å². The lowest BCUT2D eigenvalue weighted by molar-refractivity contribution is -0.0472. The highest BCUT2D eigenvalue weighted by molar-refractivity contribution is 7.78. The van der Waals surface area contributed by atoms with Gasteiger partial charge in [-0.05, 0) is 31.8 Å². The minimum Gasteiger partial charge on any atom is -0.431 e. The summed E-state index contributed by atoms with van der Waals surface area (Å²) in [5, 5.41) is 7.94. The Labute approximate surface area is 199 Å². The van der Waals surface area contributed by atoms with E-state index >= 15 is 0 Å². The van der Waals surface area contributed by atoms with Crippen molar-refractivity contribution in [2.75, 3.05) is 0 Å². The fourth-order valence-electron chi connectivity index (χ4n) is 2.94. The second kappa shape index (κ2) is 9.66. The van der Waals surface area contributed by atoms with Gasteiger partial charge in [0.15, 0.2) is 7.34 Å². The molecular weight excluding hydrogens is 519 g/mol. The zero-order valence-electron chi connectivity index (χ0n) is 17.4. The standard InChI is InChI=1S/C19H21Cl2NO9P2/c1-11(2)28-18(23)29-13-7-14(20)16(15(21)8-13)17-30-32(3,25)19(24,33(26,27)31-17)9-12-5-4-6-22-10-12/h4-8,10-11,17,24-25H,3,9H2,1-2H3,(H,26,27). The van der Waals surface area contributed by atoms with Gasteiger partial charge in [-0.2, -0.15) is 0 Å². The first-order valence-electron chi connectivity index (χ1n) is 9.40. The van der Waals surface area contributed by atoms with Gasteiger partial charge < -0.3 is 24.4 Å². The molecule has 180 valence electrons. The van der Waals surface area contributed by atoms with E-state index in [1.54, 1.807) is 19.9 Å². The number of rotatable bonds is 5. The van der Waals surface area contributed by atoms with Crippen molar-refractivity contribution < 1.29 is 42.8 Å². The highest BCUT2D eigenvalue weighted by atomic mass is 35.5.